The summed E-state index contributed by atoms with van der Waals surface area (Å²) in [4.78, 5) is 17.9. The van der Waals surface area contributed by atoms with Gasteiger partial charge < -0.3 is 9.64 Å². The first kappa shape index (κ1) is 32.8. The summed E-state index contributed by atoms with van der Waals surface area (Å²) in [6, 6.07) is 5.25. The van der Waals surface area contributed by atoms with Crippen molar-refractivity contribution in [2.45, 2.75) is 96.8 Å². The minimum atomic E-state index is -6.34. The first-order chi connectivity index (χ1) is 22.0. The van der Waals surface area contributed by atoms with Gasteiger partial charge in [-0.05, 0) is 80.3 Å². The second-order valence-electron chi connectivity index (χ2n) is 13.4. The lowest BCUT2D eigenvalue weighted by molar-refractivity contribution is -0.348. The van der Waals surface area contributed by atoms with Crippen molar-refractivity contribution in [1.29, 1.82) is 0 Å². The fourth-order valence-electron chi connectivity index (χ4n) is 8.96. The fourth-order valence-corrected chi connectivity index (χ4v) is 11.3. The minimum absolute atomic E-state index is 0.0186. The SMILES string of the molecule is O=C([C@@H]1C[C@H]2CC[C@@H](C1)N2C1COC1)N1CC[C@]2(S(=O)(=O)c3ccc(F)cc3)c3ccc(C(F)(C(F)(F)F)C(F)(F)F)cc3CC[C@H]12. The number of aryl methyl sites for hydroxylation is 1. The molecule has 4 saturated heterocycles. The number of ether oxygens (including phenoxy) is 1. The van der Waals surface area contributed by atoms with Gasteiger partial charge in [-0.3, -0.25) is 9.69 Å². The van der Waals surface area contributed by atoms with Crippen LogP contribution in [0.2, 0.25) is 0 Å². The van der Waals surface area contributed by atoms with Gasteiger partial charge in [0.2, 0.25) is 5.91 Å². The first-order valence-electron chi connectivity index (χ1n) is 15.6. The van der Waals surface area contributed by atoms with Crippen molar-refractivity contribution in [3.8, 4) is 0 Å². The van der Waals surface area contributed by atoms with Gasteiger partial charge in [0.25, 0.3) is 0 Å². The number of carbonyl (C=O) groups is 1. The molecule has 2 aromatic rings. The van der Waals surface area contributed by atoms with Crippen LogP contribution in [-0.2, 0) is 36.2 Å². The standard InChI is InChI=1S/C32H32F8N2O4S/c33-21-3-7-25(8-4-21)47(44,45)29-11-12-41(28(43)19-14-22-5-6-23(15-19)42(22)24-16-46-17-24)27(29)10-1-18-13-20(2-9-26(18)29)30(34,31(35,36)37)32(38,39)40/h2-4,7-9,13,19,22-24,27H,1,5-6,10-12,14-17H2/t19-,22-,23+,27-,29-/m0/s1. The Balaban J connectivity index is 1.29. The van der Waals surface area contributed by atoms with E-state index in [0.29, 0.717) is 44.2 Å². The largest absolute Gasteiger partial charge is 0.435 e. The third-order valence-electron chi connectivity index (χ3n) is 11.1. The second kappa shape index (κ2) is 10.9. The van der Waals surface area contributed by atoms with Gasteiger partial charge in [-0.2, -0.15) is 26.3 Å². The number of hydrogen-bond acceptors (Lipinski definition) is 5. The van der Waals surface area contributed by atoms with Gasteiger partial charge in [-0.1, -0.05) is 18.2 Å². The third kappa shape index (κ3) is 4.68. The average molecular weight is 693 g/mol. The molecule has 1 aliphatic carbocycles. The lowest BCUT2D eigenvalue weighted by Crippen LogP contribution is -2.58. The minimum Gasteiger partial charge on any atom is -0.378 e. The topological polar surface area (TPSA) is 66.9 Å². The number of hydrogen-bond donors (Lipinski definition) is 0. The molecule has 0 unspecified atom stereocenters. The zero-order chi connectivity index (χ0) is 33.7. The fraction of sp³-hybridized carbons (Fsp3) is 0.594. The van der Waals surface area contributed by atoms with Crippen LogP contribution in [0.4, 0.5) is 35.1 Å². The predicted molar refractivity (Wildman–Crippen MR) is 151 cm³/mol. The van der Waals surface area contributed by atoms with Gasteiger partial charge >= 0.3 is 18.0 Å². The van der Waals surface area contributed by atoms with E-state index in [9.17, 15) is 43.9 Å². The van der Waals surface area contributed by atoms with E-state index in [0.717, 1.165) is 43.2 Å². The summed E-state index contributed by atoms with van der Waals surface area (Å²) in [6.45, 7) is 1.26. The number of fused-ring (bicyclic) bond motifs is 5. The summed E-state index contributed by atoms with van der Waals surface area (Å²) in [5.74, 6) is -1.34. The van der Waals surface area contributed by atoms with E-state index in [-0.39, 0.29) is 65.7 Å². The maximum Gasteiger partial charge on any atom is 0.435 e. The Morgan fingerprint density at radius 3 is 2.02 bits per heavy atom. The Morgan fingerprint density at radius 2 is 1.47 bits per heavy atom. The number of rotatable bonds is 5. The van der Waals surface area contributed by atoms with Crippen LogP contribution in [0.5, 0.6) is 0 Å². The molecule has 7 rings (SSSR count). The molecule has 2 aromatic carbocycles. The molecule has 0 radical (unpaired) electrons. The van der Waals surface area contributed by atoms with Crippen molar-refractivity contribution in [3.63, 3.8) is 0 Å². The number of likely N-dealkylation sites (tertiary alicyclic amines) is 1. The van der Waals surface area contributed by atoms with Crippen molar-refractivity contribution in [3.05, 3.63) is 65.0 Å². The molecule has 47 heavy (non-hydrogen) atoms. The van der Waals surface area contributed by atoms with Gasteiger partial charge in [-0.25, -0.2) is 17.2 Å². The van der Waals surface area contributed by atoms with Crippen LogP contribution >= 0.6 is 0 Å². The van der Waals surface area contributed by atoms with Gasteiger partial charge in [0.15, 0.2) is 9.84 Å². The van der Waals surface area contributed by atoms with Crippen molar-refractivity contribution in [2.75, 3.05) is 19.8 Å². The molecule has 5 atom stereocenters. The highest BCUT2D eigenvalue weighted by atomic mass is 32.2. The highest BCUT2D eigenvalue weighted by molar-refractivity contribution is 7.92. The Morgan fingerprint density at radius 1 is 0.851 bits per heavy atom. The first-order valence-corrected chi connectivity index (χ1v) is 17.1. The van der Waals surface area contributed by atoms with Gasteiger partial charge in [0, 0.05) is 30.1 Å². The van der Waals surface area contributed by atoms with Gasteiger partial charge in [0.1, 0.15) is 10.6 Å². The van der Waals surface area contributed by atoms with Crippen LogP contribution in [0.15, 0.2) is 47.4 Å². The summed E-state index contributed by atoms with van der Waals surface area (Å²) in [5.41, 5.74) is -7.65. The van der Waals surface area contributed by atoms with E-state index in [4.69, 9.17) is 4.74 Å². The molecule has 256 valence electrons. The van der Waals surface area contributed by atoms with E-state index < -0.39 is 50.0 Å². The number of amides is 1. The molecule has 0 spiro atoms. The molecule has 15 heteroatoms. The maximum atomic E-state index is 15.1. The van der Waals surface area contributed by atoms with Crippen molar-refractivity contribution >= 4 is 15.7 Å². The van der Waals surface area contributed by atoms with Crippen molar-refractivity contribution in [1.82, 2.24) is 9.80 Å². The third-order valence-corrected chi connectivity index (χ3v) is 13.7. The second-order valence-corrected chi connectivity index (χ2v) is 15.6. The number of piperidine rings is 1. The van der Waals surface area contributed by atoms with Crippen LogP contribution < -0.4 is 0 Å². The molecule has 1 amide bonds. The Labute approximate surface area is 266 Å². The number of sulfone groups is 1. The summed E-state index contributed by atoms with van der Waals surface area (Å²) in [5, 5.41) is 0. The van der Waals surface area contributed by atoms with E-state index in [2.05, 4.69) is 4.90 Å². The van der Waals surface area contributed by atoms with Crippen molar-refractivity contribution in [2.24, 2.45) is 5.92 Å². The summed E-state index contributed by atoms with van der Waals surface area (Å²) < 4.78 is 143. The van der Waals surface area contributed by atoms with Crippen LogP contribution in [0.25, 0.3) is 0 Å². The predicted octanol–water partition coefficient (Wildman–Crippen LogP) is 5.97. The number of halogens is 8. The van der Waals surface area contributed by atoms with Crippen LogP contribution in [0.1, 0.15) is 55.2 Å². The van der Waals surface area contributed by atoms with E-state index in [1.165, 1.54) is 4.90 Å². The molecule has 4 aliphatic heterocycles. The molecule has 6 nitrogen and oxygen atoms in total. The normalized spacial score (nSPS) is 30.2. The number of alkyl halides is 7. The molecule has 4 heterocycles. The van der Waals surface area contributed by atoms with E-state index in [1.54, 1.807) is 0 Å². The summed E-state index contributed by atoms with van der Waals surface area (Å²) in [7, 11) is -4.54. The monoisotopic (exact) mass is 692 g/mol. The highest BCUT2D eigenvalue weighted by Crippen LogP contribution is 2.57. The zero-order valence-corrected chi connectivity index (χ0v) is 25.8. The average Bonchev–Trinajstić information content (AvgIpc) is 3.49. The quantitative estimate of drug-likeness (QED) is 0.286. The number of carbonyl (C=O) groups excluding carboxylic acids is 1. The van der Waals surface area contributed by atoms with Crippen LogP contribution in [0, 0.1) is 11.7 Å². The Kier molecular flexibility index (Phi) is 7.57. The number of benzene rings is 2. The zero-order valence-electron chi connectivity index (χ0n) is 25.0. The smallest absolute Gasteiger partial charge is 0.378 e. The molecule has 5 aliphatic rings. The summed E-state index contributed by atoms with van der Waals surface area (Å²) in [6.07, 6.45) is -10.1. The van der Waals surface area contributed by atoms with Gasteiger partial charge in [-0.15, -0.1) is 0 Å². The lowest BCUT2D eigenvalue weighted by Gasteiger charge is -2.47. The molecule has 0 aromatic heterocycles. The molecular weight excluding hydrogens is 660 g/mol. The molecule has 0 saturated carbocycles. The highest BCUT2D eigenvalue weighted by Gasteiger charge is 2.74. The molecule has 4 fully saturated rings. The van der Waals surface area contributed by atoms with Crippen LogP contribution in [-0.4, -0.2) is 80.4 Å². The molecule has 2 bridgehead atoms. The summed E-state index contributed by atoms with van der Waals surface area (Å²) >= 11 is 0. The van der Waals surface area contributed by atoms with E-state index in [1.807, 2.05) is 0 Å². The van der Waals surface area contributed by atoms with E-state index >= 15 is 4.39 Å². The Hall–Kier alpha value is -2.78. The molecule has 0 N–H and O–H groups in total. The molecular formula is C32H32F8N2O4S. The maximum absolute atomic E-state index is 15.1. The van der Waals surface area contributed by atoms with Crippen molar-refractivity contribution < 1.29 is 53.1 Å². The lowest BCUT2D eigenvalue weighted by atomic mass is 9.76. The Bertz CT molecular complexity index is 1650. The number of nitrogens with zero attached hydrogens (tertiary/aromatic N) is 2. The van der Waals surface area contributed by atoms with Crippen LogP contribution in [0.3, 0.4) is 0 Å². The van der Waals surface area contributed by atoms with Gasteiger partial charge in [0.05, 0.1) is 30.2 Å².